The van der Waals surface area contributed by atoms with Gasteiger partial charge in [-0.05, 0) is 24.4 Å². The van der Waals surface area contributed by atoms with Gasteiger partial charge in [0, 0.05) is 29.3 Å². The molecule has 1 heterocycles. The third-order valence-corrected chi connectivity index (χ3v) is 3.44. The lowest BCUT2D eigenvalue weighted by molar-refractivity contribution is 0.190. The number of nitrogens with one attached hydrogen (secondary N) is 1. The summed E-state index contributed by atoms with van der Waals surface area (Å²) in [6.45, 7) is 2.83. The minimum Gasteiger partial charge on any atom is -0.383 e. The quantitative estimate of drug-likeness (QED) is 0.866. The summed E-state index contributed by atoms with van der Waals surface area (Å²) in [6.07, 6.45) is 0. The molecule has 0 aliphatic heterocycles. The molecule has 90 valence electrons. The maximum atomic E-state index is 5.15. The second kappa shape index (κ2) is 5.84. The second-order valence-electron chi connectivity index (χ2n) is 4.02. The number of hydrogen-bond donors (Lipinski definition) is 1. The van der Waals surface area contributed by atoms with Crippen molar-refractivity contribution >= 4 is 17.0 Å². The zero-order valence-electron chi connectivity index (χ0n) is 10.1. The number of hydrogen-bond acceptors (Lipinski definition) is 3. The van der Waals surface area contributed by atoms with Crippen molar-refractivity contribution in [2.24, 2.45) is 0 Å². The number of benzene rings is 1. The Morgan fingerprint density at radius 3 is 2.76 bits per heavy atom. The van der Waals surface area contributed by atoms with Crippen LogP contribution in [0.15, 0.2) is 41.8 Å². The molecule has 0 spiro atoms. The number of methoxy groups -OCH3 is 1. The summed E-state index contributed by atoms with van der Waals surface area (Å²) < 4.78 is 5.15. The van der Waals surface area contributed by atoms with E-state index in [1.165, 1.54) is 16.1 Å². The molecule has 3 heteroatoms. The summed E-state index contributed by atoms with van der Waals surface area (Å²) in [5.74, 6) is 0. The van der Waals surface area contributed by atoms with E-state index in [1.807, 2.05) is 0 Å². The summed E-state index contributed by atoms with van der Waals surface area (Å²) in [5.41, 5.74) is 2.42. The van der Waals surface area contributed by atoms with Gasteiger partial charge in [-0.3, -0.25) is 0 Å². The van der Waals surface area contributed by atoms with E-state index in [2.05, 4.69) is 54.0 Å². The van der Waals surface area contributed by atoms with Crippen LogP contribution in [0.1, 0.15) is 6.92 Å². The highest BCUT2D eigenvalue weighted by Crippen LogP contribution is 2.31. The first kappa shape index (κ1) is 12.1. The molecule has 0 amide bonds. The maximum Gasteiger partial charge on any atom is 0.0661 e. The van der Waals surface area contributed by atoms with Crippen LogP contribution in [0.4, 0.5) is 5.69 Å². The molecule has 1 aromatic carbocycles. The van der Waals surface area contributed by atoms with Crippen LogP contribution in [0, 0.1) is 0 Å². The van der Waals surface area contributed by atoms with Crippen LogP contribution in [0.25, 0.3) is 10.4 Å². The van der Waals surface area contributed by atoms with Gasteiger partial charge in [-0.25, -0.2) is 0 Å². The molecule has 0 aliphatic rings. The molecule has 0 aliphatic carbocycles. The van der Waals surface area contributed by atoms with E-state index in [-0.39, 0.29) is 0 Å². The Balaban J connectivity index is 2.22. The lowest BCUT2D eigenvalue weighted by Gasteiger charge is -2.16. The molecule has 1 aromatic heterocycles. The first-order valence-corrected chi connectivity index (χ1v) is 6.57. The van der Waals surface area contributed by atoms with Crippen molar-refractivity contribution in [3.8, 4) is 10.4 Å². The Hall–Kier alpha value is -1.32. The largest absolute Gasteiger partial charge is 0.383 e. The van der Waals surface area contributed by atoms with Crippen LogP contribution >= 0.6 is 11.3 Å². The summed E-state index contributed by atoms with van der Waals surface area (Å²) >= 11 is 1.76. The standard InChI is InChI=1S/C14H17NOS/c1-11(10-16-2)15-13-7-4-3-6-12(13)14-8-5-9-17-14/h3-9,11,15H,10H2,1-2H3. The fraction of sp³-hybridized carbons (Fsp3) is 0.286. The number of rotatable bonds is 5. The molecular formula is C14H17NOS. The molecule has 2 rings (SSSR count). The highest BCUT2D eigenvalue weighted by atomic mass is 32.1. The van der Waals surface area contributed by atoms with Crippen LogP contribution in [0.3, 0.4) is 0 Å². The van der Waals surface area contributed by atoms with Crippen LogP contribution in [-0.2, 0) is 4.74 Å². The molecule has 1 N–H and O–H groups in total. The lowest BCUT2D eigenvalue weighted by Crippen LogP contribution is -2.21. The number of thiophene rings is 1. The Labute approximate surface area is 106 Å². The fourth-order valence-electron chi connectivity index (χ4n) is 1.81. The average Bonchev–Trinajstić information content (AvgIpc) is 2.83. The van der Waals surface area contributed by atoms with Gasteiger partial charge in [0.05, 0.1) is 6.61 Å². The van der Waals surface area contributed by atoms with Crippen molar-refractivity contribution in [2.75, 3.05) is 19.0 Å². The van der Waals surface area contributed by atoms with E-state index in [0.717, 1.165) is 0 Å². The van der Waals surface area contributed by atoms with Gasteiger partial charge >= 0.3 is 0 Å². The van der Waals surface area contributed by atoms with E-state index in [0.29, 0.717) is 12.6 Å². The molecule has 0 radical (unpaired) electrons. The van der Waals surface area contributed by atoms with Crippen molar-refractivity contribution in [2.45, 2.75) is 13.0 Å². The molecule has 1 atom stereocenters. The molecule has 1 unspecified atom stereocenters. The third-order valence-electron chi connectivity index (χ3n) is 2.53. The molecule has 2 aromatic rings. The minimum atomic E-state index is 0.307. The topological polar surface area (TPSA) is 21.3 Å². The SMILES string of the molecule is COCC(C)Nc1ccccc1-c1cccs1. The number of para-hydroxylation sites is 1. The van der Waals surface area contributed by atoms with E-state index in [4.69, 9.17) is 4.74 Å². The van der Waals surface area contributed by atoms with E-state index < -0.39 is 0 Å². The highest BCUT2D eigenvalue weighted by molar-refractivity contribution is 7.13. The molecule has 0 saturated heterocycles. The molecule has 17 heavy (non-hydrogen) atoms. The van der Waals surface area contributed by atoms with Gasteiger partial charge in [0.25, 0.3) is 0 Å². The summed E-state index contributed by atoms with van der Waals surface area (Å²) in [6, 6.07) is 12.9. The van der Waals surface area contributed by atoms with Crippen LogP contribution in [0.2, 0.25) is 0 Å². The monoisotopic (exact) mass is 247 g/mol. The van der Waals surface area contributed by atoms with Gasteiger partial charge in [-0.1, -0.05) is 24.3 Å². The zero-order valence-corrected chi connectivity index (χ0v) is 11.0. The summed E-state index contributed by atoms with van der Waals surface area (Å²) in [5, 5.41) is 5.58. The smallest absolute Gasteiger partial charge is 0.0661 e. The van der Waals surface area contributed by atoms with Crippen LogP contribution < -0.4 is 5.32 Å². The molecule has 0 fully saturated rings. The Morgan fingerprint density at radius 1 is 1.24 bits per heavy atom. The first-order valence-electron chi connectivity index (χ1n) is 5.69. The number of anilines is 1. The zero-order chi connectivity index (χ0) is 12.1. The normalized spacial score (nSPS) is 12.4. The Kier molecular flexibility index (Phi) is 4.18. The molecule has 2 nitrogen and oxygen atoms in total. The molecular weight excluding hydrogens is 230 g/mol. The number of ether oxygens (including phenoxy) is 1. The van der Waals surface area contributed by atoms with Gasteiger partial charge in [-0.2, -0.15) is 0 Å². The van der Waals surface area contributed by atoms with Gasteiger partial charge < -0.3 is 10.1 Å². The van der Waals surface area contributed by atoms with Crippen LogP contribution in [-0.4, -0.2) is 19.8 Å². The minimum absolute atomic E-state index is 0.307. The lowest BCUT2D eigenvalue weighted by atomic mass is 10.1. The predicted molar refractivity (Wildman–Crippen MR) is 74.7 cm³/mol. The first-order chi connectivity index (χ1) is 8.31. The van der Waals surface area contributed by atoms with Crippen molar-refractivity contribution in [3.05, 3.63) is 41.8 Å². The van der Waals surface area contributed by atoms with E-state index in [9.17, 15) is 0 Å². The van der Waals surface area contributed by atoms with Gasteiger partial charge in [0.15, 0.2) is 0 Å². The van der Waals surface area contributed by atoms with Crippen molar-refractivity contribution in [1.29, 1.82) is 0 Å². The van der Waals surface area contributed by atoms with Gasteiger partial charge in [0.1, 0.15) is 0 Å². The summed E-state index contributed by atoms with van der Waals surface area (Å²) in [4.78, 5) is 1.29. The second-order valence-corrected chi connectivity index (χ2v) is 4.97. The van der Waals surface area contributed by atoms with Crippen molar-refractivity contribution in [3.63, 3.8) is 0 Å². The van der Waals surface area contributed by atoms with Gasteiger partial charge in [-0.15, -0.1) is 11.3 Å². The van der Waals surface area contributed by atoms with Crippen molar-refractivity contribution < 1.29 is 4.74 Å². The van der Waals surface area contributed by atoms with Gasteiger partial charge in [0.2, 0.25) is 0 Å². The molecule has 0 saturated carbocycles. The average molecular weight is 247 g/mol. The van der Waals surface area contributed by atoms with E-state index in [1.54, 1.807) is 18.4 Å². The Morgan fingerprint density at radius 2 is 2.06 bits per heavy atom. The van der Waals surface area contributed by atoms with Crippen LogP contribution in [0.5, 0.6) is 0 Å². The Bertz CT molecular complexity index is 453. The summed E-state index contributed by atoms with van der Waals surface area (Å²) in [7, 11) is 1.73. The fourth-order valence-corrected chi connectivity index (χ4v) is 2.58. The highest BCUT2D eigenvalue weighted by Gasteiger charge is 2.07. The predicted octanol–water partition coefficient (Wildman–Crippen LogP) is 3.86. The van der Waals surface area contributed by atoms with E-state index >= 15 is 0 Å². The molecule has 0 bridgehead atoms. The maximum absolute atomic E-state index is 5.15. The van der Waals surface area contributed by atoms with Crippen molar-refractivity contribution in [1.82, 2.24) is 0 Å². The third kappa shape index (κ3) is 3.08.